The molecule has 2 aromatic carbocycles. The van der Waals surface area contributed by atoms with Gasteiger partial charge in [0.1, 0.15) is 18.6 Å². The van der Waals surface area contributed by atoms with Gasteiger partial charge in [0.25, 0.3) is 11.7 Å². The topological polar surface area (TPSA) is 208 Å². The zero-order valence-electron chi connectivity index (χ0n) is 25.6. The number of carboxylic acids is 1. The number of urea groups is 1. The standard InChI is InChI=1S/C21H19N5O5.C11H15N3O.CH4.ClH/c1-3-8-31-20(30)13-4-5-14-12(11(13)2)6-7-15(14)24-18(27)17-9-16(19(28)29)25-21-22-10-23-26(17)21;12-6-8-1-2-9-3-4-14(11(13)15)7-10(9)5-8;;/h3-5,9-10,15H,1,6-8H2,2H3,(H,24,27)(H,28,29);1-2,5H,3-4,6-7,12H2,(H2,13,15);1H4;1H/t15-;;;/m0.../s1. The van der Waals surface area contributed by atoms with Crippen molar-refractivity contribution in [3.8, 4) is 0 Å². The summed E-state index contributed by atoms with van der Waals surface area (Å²) in [7, 11) is 0. The number of ether oxygens (including phenoxy) is 1. The number of nitrogens with one attached hydrogen (secondary N) is 1. The van der Waals surface area contributed by atoms with E-state index in [1.165, 1.54) is 34.1 Å². The summed E-state index contributed by atoms with van der Waals surface area (Å²) in [5, 5.41) is 16.2. The van der Waals surface area contributed by atoms with E-state index < -0.39 is 17.8 Å². The molecule has 3 amide bonds. The van der Waals surface area contributed by atoms with E-state index in [4.69, 9.17) is 16.2 Å². The van der Waals surface area contributed by atoms with E-state index in [-0.39, 0.29) is 55.7 Å². The number of benzene rings is 2. The first-order valence-corrected chi connectivity index (χ1v) is 14.6. The van der Waals surface area contributed by atoms with Crippen molar-refractivity contribution >= 4 is 42.1 Å². The van der Waals surface area contributed by atoms with E-state index in [0.717, 1.165) is 28.7 Å². The summed E-state index contributed by atoms with van der Waals surface area (Å²) in [6.07, 6.45) is 4.91. The average Bonchev–Trinajstić information content (AvgIpc) is 3.70. The van der Waals surface area contributed by atoms with Crippen molar-refractivity contribution < 1.29 is 29.0 Å². The third kappa shape index (κ3) is 7.78. The molecule has 1 atom stereocenters. The lowest BCUT2D eigenvalue weighted by Crippen LogP contribution is -2.39. The number of fused-ring (bicyclic) bond motifs is 3. The first-order chi connectivity index (χ1) is 22.1. The molecule has 0 saturated heterocycles. The van der Waals surface area contributed by atoms with E-state index in [1.54, 1.807) is 11.0 Å². The maximum atomic E-state index is 13.0. The van der Waals surface area contributed by atoms with Crippen LogP contribution in [0.1, 0.15) is 84.6 Å². The summed E-state index contributed by atoms with van der Waals surface area (Å²) >= 11 is 0. The Bertz CT molecular complexity index is 1860. The van der Waals surface area contributed by atoms with Gasteiger partial charge >= 0.3 is 18.0 Å². The fourth-order valence-corrected chi connectivity index (χ4v) is 5.70. The molecular weight excluding hydrogens is 640 g/mol. The Kier molecular flexibility index (Phi) is 12.4. The summed E-state index contributed by atoms with van der Waals surface area (Å²) < 4.78 is 6.33. The SMILES string of the molecule is C.C=CCOC(=O)c1ccc2c(c1C)CC[C@@H]2NC(=O)c1cc(C(=O)O)nc2ncnn12.Cl.NCc1ccc2c(c1)CN(C(N)=O)CC2. The first kappa shape index (κ1) is 37.1. The minimum absolute atomic E-state index is 0. The number of aromatic carboxylic acids is 1. The molecule has 0 spiro atoms. The Labute approximate surface area is 283 Å². The molecule has 0 fully saturated rings. The van der Waals surface area contributed by atoms with Crippen LogP contribution in [0.25, 0.3) is 5.78 Å². The lowest BCUT2D eigenvalue weighted by Gasteiger charge is -2.27. The number of rotatable bonds is 7. The Morgan fingerprint density at radius 1 is 1.15 bits per heavy atom. The van der Waals surface area contributed by atoms with Crippen molar-refractivity contribution in [3.63, 3.8) is 0 Å². The first-order valence-electron chi connectivity index (χ1n) is 14.6. The Balaban J connectivity index is 0.000000311. The van der Waals surface area contributed by atoms with Crippen molar-refractivity contribution in [1.29, 1.82) is 0 Å². The number of carbonyl (C=O) groups is 4. The summed E-state index contributed by atoms with van der Waals surface area (Å²) in [6.45, 7) is 7.38. The van der Waals surface area contributed by atoms with Gasteiger partial charge in [-0.05, 0) is 65.6 Å². The van der Waals surface area contributed by atoms with Crippen molar-refractivity contribution in [2.45, 2.75) is 52.7 Å². The molecule has 0 saturated carbocycles. The monoisotopic (exact) mass is 678 g/mol. The molecule has 48 heavy (non-hydrogen) atoms. The average molecular weight is 679 g/mol. The molecule has 254 valence electrons. The van der Waals surface area contributed by atoms with Crippen molar-refractivity contribution in [1.82, 2.24) is 29.8 Å². The zero-order valence-corrected chi connectivity index (χ0v) is 26.5. The predicted molar refractivity (Wildman–Crippen MR) is 180 cm³/mol. The molecule has 4 aromatic rings. The van der Waals surface area contributed by atoms with Gasteiger partial charge in [-0.25, -0.2) is 19.4 Å². The quantitative estimate of drug-likeness (QED) is 0.165. The van der Waals surface area contributed by atoms with Crippen LogP contribution in [0.15, 0.2) is 55.4 Å². The molecule has 0 bridgehead atoms. The fraction of sp³-hybridized carbons (Fsp3) is 0.303. The van der Waals surface area contributed by atoms with Crippen LogP contribution in [0.3, 0.4) is 0 Å². The molecule has 0 unspecified atom stereocenters. The highest BCUT2D eigenvalue weighted by Crippen LogP contribution is 2.35. The number of carboxylic acid groups (broad SMARTS) is 1. The number of nitrogens with two attached hydrogens (primary N) is 2. The number of nitrogens with zero attached hydrogens (tertiary/aromatic N) is 5. The van der Waals surface area contributed by atoms with E-state index in [0.29, 0.717) is 38.0 Å². The second-order valence-corrected chi connectivity index (χ2v) is 10.9. The number of esters is 1. The van der Waals surface area contributed by atoms with Crippen LogP contribution >= 0.6 is 12.4 Å². The van der Waals surface area contributed by atoms with Gasteiger partial charge < -0.3 is 31.5 Å². The number of primary amides is 1. The maximum absolute atomic E-state index is 13.0. The Morgan fingerprint density at radius 3 is 2.60 bits per heavy atom. The number of carbonyl (C=O) groups excluding carboxylic acids is 3. The van der Waals surface area contributed by atoms with Crippen LogP contribution in [0, 0.1) is 6.92 Å². The largest absolute Gasteiger partial charge is 0.477 e. The third-order valence-electron chi connectivity index (χ3n) is 8.08. The number of hydrogen-bond donors (Lipinski definition) is 4. The number of hydrogen-bond acceptors (Lipinski definition) is 9. The van der Waals surface area contributed by atoms with Gasteiger partial charge in [-0.15, -0.1) is 12.4 Å². The maximum Gasteiger partial charge on any atom is 0.354 e. The summed E-state index contributed by atoms with van der Waals surface area (Å²) in [4.78, 5) is 57.0. The Morgan fingerprint density at radius 2 is 1.92 bits per heavy atom. The van der Waals surface area contributed by atoms with Crippen LogP contribution in [-0.4, -0.2) is 66.6 Å². The molecule has 3 heterocycles. The van der Waals surface area contributed by atoms with E-state index >= 15 is 0 Å². The second kappa shape index (κ2) is 16.0. The lowest BCUT2D eigenvalue weighted by molar-refractivity contribution is 0.0547. The summed E-state index contributed by atoms with van der Waals surface area (Å²) in [5.41, 5.74) is 17.3. The van der Waals surface area contributed by atoms with Crippen molar-refractivity contribution in [3.05, 3.63) is 106 Å². The molecule has 6 N–H and O–H groups in total. The molecule has 1 aliphatic heterocycles. The highest BCUT2D eigenvalue weighted by atomic mass is 35.5. The predicted octanol–water partition coefficient (Wildman–Crippen LogP) is 3.53. The molecule has 6 rings (SSSR count). The smallest absolute Gasteiger partial charge is 0.354 e. The third-order valence-corrected chi connectivity index (χ3v) is 8.08. The van der Waals surface area contributed by atoms with Crippen molar-refractivity contribution in [2.24, 2.45) is 11.5 Å². The normalized spacial score (nSPS) is 14.2. The van der Waals surface area contributed by atoms with Gasteiger partial charge in [-0.2, -0.15) is 14.6 Å². The van der Waals surface area contributed by atoms with Gasteiger partial charge in [0.05, 0.1) is 11.6 Å². The minimum atomic E-state index is -1.27. The van der Waals surface area contributed by atoms with Crippen LogP contribution in [0.4, 0.5) is 4.79 Å². The summed E-state index contributed by atoms with van der Waals surface area (Å²) in [5.74, 6) is -2.16. The van der Waals surface area contributed by atoms with Gasteiger partial charge in [0.15, 0.2) is 5.69 Å². The zero-order chi connectivity index (χ0) is 33.0. The van der Waals surface area contributed by atoms with E-state index in [1.807, 2.05) is 19.1 Å². The molecular formula is C33H39ClN8O6. The van der Waals surface area contributed by atoms with E-state index in [9.17, 15) is 24.3 Å². The summed E-state index contributed by atoms with van der Waals surface area (Å²) in [6, 6.07) is 10.2. The van der Waals surface area contributed by atoms with Gasteiger partial charge in [-0.3, -0.25) is 4.79 Å². The van der Waals surface area contributed by atoms with Crippen LogP contribution in [0.5, 0.6) is 0 Å². The molecule has 14 nitrogen and oxygen atoms in total. The second-order valence-electron chi connectivity index (χ2n) is 10.9. The van der Waals surface area contributed by atoms with Gasteiger partial charge in [0.2, 0.25) is 0 Å². The molecule has 0 radical (unpaired) electrons. The van der Waals surface area contributed by atoms with Gasteiger partial charge in [-0.1, -0.05) is 44.3 Å². The molecule has 2 aromatic heterocycles. The number of amides is 3. The van der Waals surface area contributed by atoms with Crippen LogP contribution < -0.4 is 16.8 Å². The molecule has 1 aliphatic carbocycles. The lowest BCUT2D eigenvalue weighted by atomic mass is 9.97. The van der Waals surface area contributed by atoms with Crippen LogP contribution in [0.2, 0.25) is 0 Å². The minimum Gasteiger partial charge on any atom is -0.477 e. The highest BCUT2D eigenvalue weighted by Gasteiger charge is 2.29. The van der Waals surface area contributed by atoms with Gasteiger partial charge in [0, 0.05) is 25.7 Å². The fourth-order valence-electron chi connectivity index (χ4n) is 5.70. The molecule has 15 heteroatoms. The number of aromatic nitrogens is 4. The Hall–Kier alpha value is -5.34. The number of halogens is 1. The highest BCUT2D eigenvalue weighted by molar-refractivity contribution is 5.96. The van der Waals surface area contributed by atoms with E-state index in [2.05, 4.69) is 39.1 Å². The van der Waals surface area contributed by atoms with Crippen LogP contribution in [-0.2, 0) is 30.7 Å². The van der Waals surface area contributed by atoms with Crippen molar-refractivity contribution in [2.75, 3.05) is 13.2 Å². The molecule has 2 aliphatic rings.